The minimum Gasteiger partial charge on any atom is -0.480 e. The molecule has 1 atom stereocenters. The molecule has 3 heteroatoms. The second-order valence-electron chi connectivity index (χ2n) is 4.35. The Morgan fingerprint density at radius 1 is 1.05 bits per heavy atom. The van der Waals surface area contributed by atoms with E-state index >= 15 is 0 Å². The van der Waals surface area contributed by atoms with E-state index in [2.05, 4.69) is 15.9 Å². The topological polar surface area (TPSA) is 26.3 Å². The van der Waals surface area contributed by atoms with Gasteiger partial charge >= 0.3 is 0 Å². The summed E-state index contributed by atoms with van der Waals surface area (Å²) >= 11 is 3.40. The number of benzene rings is 2. The van der Waals surface area contributed by atoms with Crippen LogP contribution in [-0.4, -0.2) is 6.29 Å². The van der Waals surface area contributed by atoms with Crippen LogP contribution in [0.4, 0.5) is 0 Å². The molecular weight excluding hydrogens is 304 g/mol. The molecule has 0 amide bonds. The number of carbonyl (C=O) groups excluding carboxylic acids is 1. The lowest BCUT2D eigenvalue weighted by molar-refractivity contribution is -0.105. The van der Waals surface area contributed by atoms with Gasteiger partial charge in [0.25, 0.3) is 0 Å². The number of hydrogen-bond donors (Lipinski definition) is 0. The summed E-state index contributed by atoms with van der Waals surface area (Å²) in [7, 11) is 0. The molecule has 1 heterocycles. The summed E-state index contributed by atoms with van der Waals surface area (Å²) in [6, 6.07) is 15.5. The van der Waals surface area contributed by atoms with Gasteiger partial charge in [-0.05, 0) is 29.8 Å². The first-order valence-electron chi connectivity index (χ1n) is 5.96. The Kier molecular flexibility index (Phi) is 3.22. The molecule has 2 aromatic rings. The van der Waals surface area contributed by atoms with E-state index in [1.807, 2.05) is 54.6 Å². The highest BCUT2D eigenvalue weighted by Crippen LogP contribution is 2.36. The molecule has 0 aliphatic carbocycles. The fraction of sp³-hybridized carbons (Fsp3) is 0.0625. The molecule has 0 saturated carbocycles. The zero-order valence-corrected chi connectivity index (χ0v) is 11.6. The molecular formula is C16H11BrO2. The van der Waals surface area contributed by atoms with Gasteiger partial charge in [-0.2, -0.15) is 0 Å². The predicted molar refractivity (Wildman–Crippen MR) is 78.0 cm³/mol. The second kappa shape index (κ2) is 5.02. The van der Waals surface area contributed by atoms with Crippen molar-refractivity contribution >= 4 is 28.3 Å². The molecule has 0 aromatic heterocycles. The third kappa shape index (κ3) is 2.34. The fourth-order valence-electron chi connectivity index (χ4n) is 2.15. The van der Waals surface area contributed by atoms with Gasteiger partial charge in [0.2, 0.25) is 0 Å². The Bertz CT molecular complexity index is 644. The molecule has 0 N–H and O–H groups in total. The zero-order chi connectivity index (χ0) is 13.2. The maximum atomic E-state index is 11.3. The van der Waals surface area contributed by atoms with Crippen LogP contribution < -0.4 is 4.74 Å². The molecule has 1 aliphatic heterocycles. The normalized spacial score (nSPS) is 17.1. The lowest BCUT2D eigenvalue weighted by Gasteiger charge is -2.25. The van der Waals surface area contributed by atoms with E-state index in [0.717, 1.165) is 27.6 Å². The molecule has 0 spiro atoms. The van der Waals surface area contributed by atoms with Crippen LogP contribution in [0.25, 0.3) is 6.08 Å². The van der Waals surface area contributed by atoms with Crippen LogP contribution in [0.5, 0.6) is 5.75 Å². The van der Waals surface area contributed by atoms with Crippen molar-refractivity contribution in [3.8, 4) is 5.75 Å². The predicted octanol–water partition coefficient (Wildman–Crippen LogP) is 4.17. The van der Waals surface area contributed by atoms with Crippen LogP contribution >= 0.6 is 15.9 Å². The summed E-state index contributed by atoms with van der Waals surface area (Å²) < 4.78 is 6.95. The smallest absolute Gasteiger partial charge is 0.152 e. The number of hydrogen-bond acceptors (Lipinski definition) is 2. The van der Waals surface area contributed by atoms with Crippen molar-refractivity contribution in [1.29, 1.82) is 0 Å². The van der Waals surface area contributed by atoms with Gasteiger partial charge in [0.05, 0.1) is 0 Å². The lowest BCUT2D eigenvalue weighted by Crippen LogP contribution is -2.15. The van der Waals surface area contributed by atoms with Crippen molar-refractivity contribution < 1.29 is 9.53 Å². The number of halogens is 1. The Hall–Kier alpha value is -1.87. The van der Waals surface area contributed by atoms with Gasteiger partial charge < -0.3 is 4.74 Å². The Balaban J connectivity index is 2.04. The van der Waals surface area contributed by atoms with Crippen LogP contribution in [0.2, 0.25) is 0 Å². The molecule has 0 saturated heterocycles. The van der Waals surface area contributed by atoms with Gasteiger partial charge in [-0.1, -0.05) is 46.3 Å². The largest absolute Gasteiger partial charge is 0.480 e. The summed E-state index contributed by atoms with van der Waals surface area (Å²) in [5, 5.41) is 0. The molecule has 94 valence electrons. The van der Waals surface area contributed by atoms with E-state index in [1.54, 1.807) is 0 Å². The molecule has 2 aromatic carbocycles. The van der Waals surface area contributed by atoms with Crippen LogP contribution in [0, 0.1) is 0 Å². The molecule has 0 fully saturated rings. The highest BCUT2D eigenvalue weighted by molar-refractivity contribution is 9.10. The van der Waals surface area contributed by atoms with E-state index in [9.17, 15) is 4.79 Å². The van der Waals surface area contributed by atoms with Gasteiger partial charge in [-0.3, -0.25) is 4.79 Å². The minimum atomic E-state index is -0.333. The van der Waals surface area contributed by atoms with E-state index < -0.39 is 0 Å². The van der Waals surface area contributed by atoms with E-state index in [0.29, 0.717) is 5.57 Å². The van der Waals surface area contributed by atoms with E-state index in [4.69, 9.17) is 4.74 Å². The lowest BCUT2D eigenvalue weighted by atomic mass is 9.97. The summed E-state index contributed by atoms with van der Waals surface area (Å²) in [5.74, 6) is 0.806. The molecule has 1 aliphatic rings. The average molecular weight is 315 g/mol. The van der Waals surface area contributed by atoms with Gasteiger partial charge in [-0.25, -0.2) is 0 Å². The average Bonchev–Trinajstić information content (AvgIpc) is 2.46. The molecule has 19 heavy (non-hydrogen) atoms. The monoisotopic (exact) mass is 314 g/mol. The molecule has 2 nitrogen and oxygen atoms in total. The highest BCUT2D eigenvalue weighted by atomic mass is 79.9. The standard InChI is InChI=1S/C16H11BrO2/c17-14-7-5-11(6-8-14)16-13(10-18)9-12-3-1-2-4-15(12)19-16/h1-10,16H/t16-/m1/s1. The number of carbonyl (C=O) groups is 1. The fourth-order valence-corrected chi connectivity index (χ4v) is 2.42. The van der Waals surface area contributed by atoms with Crippen LogP contribution in [0.1, 0.15) is 17.2 Å². The quantitative estimate of drug-likeness (QED) is 0.778. The zero-order valence-electron chi connectivity index (χ0n) is 10.0. The Morgan fingerprint density at radius 3 is 2.53 bits per heavy atom. The second-order valence-corrected chi connectivity index (χ2v) is 5.27. The number of para-hydroxylation sites is 1. The van der Waals surface area contributed by atoms with Gasteiger partial charge in [0.15, 0.2) is 6.10 Å². The maximum absolute atomic E-state index is 11.3. The van der Waals surface area contributed by atoms with Gasteiger partial charge in [0, 0.05) is 15.6 Å². The van der Waals surface area contributed by atoms with Crippen LogP contribution in [0.3, 0.4) is 0 Å². The molecule has 0 bridgehead atoms. The van der Waals surface area contributed by atoms with Crippen molar-refractivity contribution in [2.45, 2.75) is 6.10 Å². The van der Waals surface area contributed by atoms with Crippen molar-refractivity contribution in [2.24, 2.45) is 0 Å². The van der Waals surface area contributed by atoms with E-state index in [-0.39, 0.29) is 6.10 Å². The summed E-state index contributed by atoms with van der Waals surface area (Å²) in [5.41, 5.74) is 2.55. The first-order valence-corrected chi connectivity index (χ1v) is 6.75. The van der Waals surface area contributed by atoms with Gasteiger partial charge in [-0.15, -0.1) is 0 Å². The first-order chi connectivity index (χ1) is 9.28. The van der Waals surface area contributed by atoms with Gasteiger partial charge in [0.1, 0.15) is 12.0 Å². The van der Waals surface area contributed by atoms with Crippen molar-refractivity contribution in [3.05, 3.63) is 69.7 Å². The third-order valence-corrected chi connectivity index (χ3v) is 3.63. The van der Waals surface area contributed by atoms with Crippen molar-refractivity contribution in [2.75, 3.05) is 0 Å². The third-order valence-electron chi connectivity index (χ3n) is 3.10. The Labute approximate surface area is 119 Å². The number of fused-ring (bicyclic) bond motifs is 1. The summed E-state index contributed by atoms with van der Waals surface area (Å²) in [4.78, 5) is 11.3. The van der Waals surface area contributed by atoms with Crippen LogP contribution in [0.15, 0.2) is 58.6 Å². The number of rotatable bonds is 2. The summed E-state index contributed by atoms with van der Waals surface area (Å²) in [6.07, 6.45) is 2.42. The maximum Gasteiger partial charge on any atom is 0.152 e. The van der Waals surface area contributed by atoms with Crippen molar-refractivity contribution in [1.82, 2.24) is 0 Å². The highest BCUT2D eigenvalue weighted by Gasteiger charge is 2.23. The van der Waals surface area contributed by atoms with Crippen molar-refractivity contribution in [3.63, 3.8) is 0 Å². The van der Waals surface area contributed by atoms with E-state index in [1.165, 1.54) is 0 Å². The minimum absolute atomic E-state index is 0.333. The number of aldehydes is 1. The Morgan fingerprint density at radius 2 is 1.79 bits per heavy atom. The SMILES string of the molecule is O=CC1=Cc2ccccc2O[C@@H]1c1ccc(Br)cc1. The number of ether oxygens (including phenoxy) is 1. The molecule has 0 unspecified atom stereocenters. The molecule has 0 radical (unpaired) electrons. The van der Waals surface area contributed by atoms with Crippen LogP contribution in [-0.2, 0) is 4.79 Å². The molecule has 3 rings (SSSR count). The first kappa shape index (κ1) is 12.2. The summed E-state index contributed by atoms with van der Waals surface area (Å²) in [6.45, 7) is 0.